The van der Waals surface area contributed by atoms with Gasteiger partial charge in [0.1, 0.15) is 5.82 Å². The number of piperidine rings is 1. The lowest BCUT2D eigenvalue weighted by Gasteiger charge is -2.20. The van der Waals surface area contributed by atoms with E-state index in [9.17, 15) is 0 Å². The Bertz CT molecular complexity index is 533. The van der Waals surface area contributed by atoms with E-state index in [4.69, 9.17) is 0 Å². The first-order chi connectivity index (χ1) is 8.83. The van der Waals surface area contributed by atoms with Crippen LogP contribution in [0.4, 0.5) is 0 Å². The molecule has 6 heteroatoms. The second-order valence-corrected chi connectivity index (χ2v) is 5.40. The van der Waals surface area contributed by atoms with Crippen molar-refractivity contribution in [2.75, 3.05) is 13.1 Å². The third-order valence-corrected chi connectivity index (χ3v) is 3.58. The van der Waals surface area contributed by atoms with Gasteiger partial charge in [0.25, 0.3) is 0 Å². The number of nitrogens with zero attached hydrogens (tertiary/aromatic N) is 3. The van der Waals surface area contributed by atoms with Crippen molar-refractivity contribution in [2.24, 2.45) is 0 Å². The van der Waals surface area contributed by atoms with Crippen molar-refractivity contribution in [3.05, 3.63) is 28.8 Å². The highest BCUT2D eigenvalue weighted by Gasteiger charge is 2.19. The van der Waals surface area contributed by atoms with Crippen LogP contribution in [0.1, 0.15) is 24.6 Å². The molecule has 0 bridgehead atoms. The van der Waals surface area contributed by atoms with Gasteiger partial charge in [-0.1, -0.05) is 0 Å². The Morgan fingerprint density at radius 1 is 1.33 bits per heavy atom. The summed E-state index contributed by atoms with van der Waals surface area (Å²) in [6, 6.07) is 1.97. The third kappa shape index (κ3) is 2.44. The largest absolute Gasteiger partial charge is 0.316 e. The molecule has 1 saturated heterocycles. The Balaban J connectivity index is 1.84. The normalized spacial score (nSPS) is 19.9. The lowest BCUT2D eigenvalue weighted by molar-refractivity contribution is 0.447. The molecule has 3 heterocycles. The molecule has 2 N–H and O–H groups in total. The van der Waals surface area contributed by atoms with E-state index in [0.29, 0.717) is 11.7 Å². The van der Waals surface area contributed by atoms with E-state index >= 15 is 0 Å². The highest BCUT2D eigenvalue weighted by molar-refractivity contribution is 9.10. The van der Waals surface area contributed by atoms with Gasteiger partial charge < -0.3 is 5.32 Å². The Kier molecular flexibility index (Phi) is 3.38. The third-order valence-electron chi connectivity index (χ3n) is 3.15. The summed E-state index contributed by atoms with van der Waals surface area (Å²) in [5, 5.41) is 10.7. The Hall–Kier alpha value is -1.27. The van der Waals surface area contributed by atoms with Crippen LogP contribution in [-0.2, 0) is 0 Å². The Morgan fingerprint density at radius 3 is 3.06 bits per heavy atom. The van der Waals surface area contributed by atoms with E-state index in [1.54, 1.807) is 12.4 Å². The summed E-state index contributed by atoms with van der Waals surface area (Å²) < 4.78 is 0.936. The predicted molar refractivity (Wildman–Crippen MR) is 72.2 cm³/mol. The van der Waals surface area contributed by atoms with Crippen LogP contribution in [-0.4, -0.2) is 33.3 Å². The van der Waals surface area contributed by atoms with Gasteiger partial charge in [-0.2, -0.15) is 5.10 Å². The first-order valence-electron chi connectivity index (χ1n) is 6.07. The van der Waals surface area contributed by atoms with Crippen LogP contribution in [0.25, 0.3) is 11.4 Å². The number of aromatic amines is 1. The zero-order valence-corrected chi connectivity index (χ0v) is 11.4. The molecule has 1 atom stereocenters. The predicted octanol–water partition coefficient (Wildman–Crippen LogP) is 2.10. The fourth-order valence-electron chi connectivity index (χ4n) is 2.21. The number of rotatable bonds is 2. The summed E-state index contributed by atoms with van der Waals surface area (Å²) >= 11 is 3.40. The molecule has 0 aliphatic carbocycles. The van der Waals surface area contributed by atoms with Crippen LogP contribution < -0.4 is 5.32 Å². The lowest BCUT2D eigenvalue weighted by atomic mass is 9.99. The van der Waals surface area contributed by atoms with Crippen LogP contribution in [0.5, 0.6) is 0 Å². The number of aromatic nitrogens is 4. The standard InChI is InChI=1S/C12H14BrN5/c13-10-4-9(6-15-7-10)12-16-11(17-18-12)8-2-1-3-14-5-8/h4,6-8,14H,1-3,5H2,(H,16,17,18). The molecule has 1 aliphatic heterocycles. The second kappa shape index (κ2) is 5.16. The quantitative estimate of drug-likeness (QED) is 0.891. The fourth-order valence-corrected chi connectivity index (χ4v) is 2.57. The van der Waals surface area contributed by atoms with E-state index in [0.717, 1.165) is 29.0 Å². The molecule has 2 aromatic rings. The molecular weight excluding hydrogens is 294 g/mol. The van der Waals surface area contributed by atoms with Crippen LogP contribution in [0.3, 0.4) is 0 Å². The van der Waals surface area contributed by atoms with E-state index in [1.807, 2.05) is 6.07 Å². The van der Waals surface area contributed by atoms with Crippen molar-refractivity contribution in [3.63, 3.8) is 0 Å². The van der Waals surface area contributed by atoms with E-state index in [-0.39, 0.29) is 0 Å². The summed E-state index contributed by atoms with van der Waals surface area (Å²) in [5.74, 6) is 2.13. The van der Waals surface area contributed by atoms with Gasteiger partial charge in [0.2, 0.25) is 0 Å². The lowest BCUT2D eigenvalue weighted by Crippen LogP contribution is -2.28. The smallest absolute Gasteiger partial charge is 0.182 e. The number of H-pyrrole nitrogens is 1. The summed E-state index contributed by atoms with van der Waals surface area (Å²) in [7, 11) is 0. The molecule has 1 unspecified atom stereocenters. The molecule has 18 heavy (non-hydrogen) atoms. The van der Waals surface area contributed by atoms with Gasteiger partial charge in [0.15, 0.2) is 5.82 Å². The van der Waals surface area contributed by atoms with Gasteiger partial charge in [-0.15, -0.1) is 0 Å². The maximum atomic E-state index is 4.58. The molecule has 0 spiro atoms. The number of pyridine rings is 1. The molecule has 0 radical (unpaired) electrons. The number of hydrogen-bond acceptors (Lipinski definition) is 4. The topological polar surface area (TPSA) is 66.5 Å². The van der Waals surface area contributed by atoms with E-state index in [2.05, 4.69) is 41.4 Å². The summed E-state index contributed by atoms with van der Waals surface area (Å²) in [4.78, 5) is 8.71. The summed E-state index contributed by atoms with van der Waals surface area (Å²) in [6.45, 7) is 2.08. The average molecular weight is 308 g/mol. The van der Waals surface area contributed by atoms with Crippen molar-refractivity contribution < 1.29 is 0 Å². The number of halogens is 1. The molecule has 0 aromatic carbocycles. The first kappa shape index (κ1) is 11.8. The highest BCUT2D eigenvalue weighted by atomic mass is 79.9. The molecule has 94 valence electrons. The molecular formula is C12H14BrN5. The van der Waals surface area contributed by atoms with Crippen LogP contribution >= 0.6 is 15.9 Å². The Morgan fingerprint density at radius 2 is 2.28 bits per heavy atom. The maximum absolute atomic E-state index is 4.58. The molecule has 1 fully saturated rings. The summed E-state index contributed by atoms with van der Waals surface area (Å²) in [5.41, 5.74) is 0.927. The molecule has 3 rings (SSSR count). The summed E-state index contributed by atoms with van der Waals surface area (Å²) in [6.07, 6.45) is 5.89. The molecule has 0 saturated carbocycles. The molecule has 0 amide bonds. The van der Waals surface area contributed by atoms with Crippen molar-refractivity contribution in [2.45, 2.75) is 18.8 Å². The van der Waals surface area contributed by atoms with Gasteiger partial charge in [-0.3, -0.25) is 10.1 Å². The van der Waals surface area contributed by atoms with Gasteiger partial charge >= 0.3 is 0 Å². The van der Waals surface area contributed by atoms with E-state index < -0.39 is 0 Å². The van der Waals surface area contributed by atoms with Crippen molar-refractivity contribution in [1.29, 1.82) is 0 Å². The minimum absolute atomic E-state index is 0.445. The van der Waals surface area contributed by atoms with Crippen molar-refractivity contribution in [3.8, 4) is 11.4 Å². The van der Waals surface area contributed by atoms with Crippen LogP contribution in [0, 0.1) is 0 Å². The van der Waals surface area contributed by atoms with Crippen LogP contribution in [0.2, 0.25) is 0 Å². The van der Waals surface area contributed by atoms with Crippen molar-refractivity contribution in [1.82, 2.24) is 25.5 Å². The second-order valence-electron chi connectivity index (χ2n) is 4.48. The average Bonchev–Trinajstić information content (AvgIpc) is 2.89. The molecule has 5 nitrogen and oxygen atoms in total. The number of hydrogen-bond donors (Lipinski definition) is 2. The molecule has 1 aliphatic rings. The van der Waals surface area contributed by atoms with Gasteiger partial charge in [0, 0.05) is 34.9 Å². The first-order valence-corrected chi connectivity index (χ1v) is 6.86. The molecule has 2 aromatic heterocycles. The zero-order valence-electron chi connectivity index (χ0n) is 9.86. The fraction of sp³-hybridized carbons (Fsp3) is 0.417. The maximum Gasteiger partial charge on any atom is 0.182 e. The Labute approximate surface area is 114 Å². The van der Waals surface area contributed by atoms with Crippen molar-refractivity contribution >= 4 is 15.9 Å². The van der Waals surface area contributed by atoms with E-state index in [1.165, 1.54) is 12.8 Å². The minimum Gasteiger partial charge on any atom is -0.316 e. The van der Waals surface area contributed by atoms with Gasteiger partial charge in [-0.25, -0.2) is 4.98 Å². The van der Waals surface area contributed by atoms with Gasteiger partial charge in [0.05, 0.1) is 0 Å². The van der Waals surface area contributed by atoms with Crippen LogP contribution in [0.15, 0.2) is 22.9 Å². The minimum atomic E-state index is 0.445. The number of nitrogens with one attached hydrogen (secondary N) is 2. The SMILES string of the molecule is Brc1cncc(-c2n[nH]c(C3CCCNC3)n2)c1. The zero-order chi connectivity index (χ0) is 12.4. The van der Waals surface area contributed by atoms with Gasteiger partial charge in [-0.05, 0) is 41.4 Å². The highest BCUT2D eigenvalue weighted by Crippen LogP contribution is 2.23. The monoisotopic (exact) mass is 307 g/mol.